The Bertz CT molecular complexity index is 1030. The fourth-order valence-electron chi connectivity index (χ4n) is 3.10. The highest BCUT2D eigenvalue weighted by molar-refractivity contribution is 6.30. The zero-order valence-electron chi connectivity index (χ0n) is 17.3. The second-order valence-electron chi connectivity index (χ2n) is 6.79. The van der Waals surface area contributed by atoms with Gasteiger partial charge in [0.1, 0.15) is 0 Å². The average Bonchev–Trinajstić information content (AvgIpc) is 3.24. The van der Waals surface area contributed by atoms with Gasteiger partial charge in [-0.2, -0.15) is 4.98 Å². The van der Waals surface area contributed by atoms with Gasteiger partial charge < -0.3 is 19.2 Å². The lowest BCUT2D eigenvalue weighted by molar-refractivity contribution is -0.143. The lowest BCUT2D eigenvalue weighted by atomic mass is 9.99. The number of hydrogen-bond acceptors (Lipinski definition) is 6. The maximum Gasteiger partial charge on any atom is 0.393 e. The van der Waals surface area contributed by atoms with Crippen molar-refractivity contribution in [3.63, 3.8) is 0 Å². The van der Waals surface area contributed by atoms with Crippen molar-refractivity contribution in [2.45, 2.75) is 25.8 Å². The summed E-state index contributed by atoms with van der Waals surface area (Å²) < 4.78 is 15.1. The summed E-state index contributed by atoms with van der Waals surface area (Å²) in [6.45, 7) is 2.01. The van der Waals surface area contributed by atoms with Crippen molar-refractivity contribution in [1.82, 2.24) is 10.3 Å². The number of rotatable bonds is 9. The third-order valence-electron chi connectivity index (χ3n) is 4.53. The number of amides is 1. The molecular formula is C23H23ClN2O5. The number of esters is 1. The first-order valence-electron chi connectivity index (χ1n) is 9.79. The summed E-state index contributed by atoms with van der Waals surface area (Å²) in [4.78, 5) is 28.4. The summed E-state index contributed by atoms with van der Waals surface area (Å²) in [6, 6.07) is 15.0. The van der Waals surface area contributed by atoms with Gasteiger partial charge in [0.15, 0.2) is 0 Å². The Kier molecular flexibility index (Phi) is 7.67. The van der Waals surface area contributed by atoms with Gasteiger partial charge in [-0.05, 0) is 42.2 Å². The molecule has 0 spiro atoms. The minimum absolute atomic E-state index is 0.00186. The fraction of sp³-hybridized carbons (Fsp3) is 0.261. The number of nitrogens with one attached hydrogen (secondary N) is 1. The van der Waals surface area contributed by atoms with Crippen LogP contribution in [0.25, 0.3) is 11.1 Å². The Morgan fingerprint density at radius 1 is 1.16 bits per heavy atom. The van der Waals surface area contributed by atoms with E-state index in [1.807, 2.05) is 48.5 Å². The molecule has 7 nitrogen and oxygen atoms in total. The molecule has 0 aliphatic heterocycles. The Hall–Kier alpha value is -3.32. The van der Waals surface area contributed by atoms with Crippen molar-refractivity contribution in [2.24, 2.45) is 0 Å². The van der Waals surface area contributed by atoms with E-state index >= 15 is 0 Å². The molecule has 0 aliphatic rings. The van der Waals surface area contributed by atoms with E-state index in [9.17, 15) is 9.59 Å². The Morgan fingerprint density at radius 3 is 2.58 bits per heavy atom. The van der Waals surface area contributed by atoms with Crippen LogP contribution in [0.2, 0.25) is 5.02 Å². The lowest BCUT2D eigenvalue weighted by Gasteiger charge is -2.18. The molecule has 1 unspecified atom stereocenters. The summed E-state index contributed by atoms with van der Waals surface area (Å²) in [6.07, 6.45) is 1.73. The molecule has 3 rings (SSSR count). The van der Waals surface area contributed by atoms with Crippen LogP contribution in [0.5, 0.6) is 6.08 Å². The molecule has 8 heteroatoms. The number of oxazole rings is 1. The largest absolute Gasteiger partial charge is 0.466 e. The number of benzene rings is 2. The fourth-order valence-corrected chi connectivity index (χ4v) is 3.29. The van der Waals surface area contributed by atoms with Crippen LogP contribution in [-0.2, 0) is 16.0 Å². The van der Waals surface area contributed by atoms with Crippen molar-refractivity contribution in [2.75, 3.05) is 13.7 Å². The maximum absolute atomic E-state index is 12.5. The molecule has 2 aromatic carbocycles. The molecule has 0 bridgehead atoms. The number of nitrogens with zero attached hydrogens (tertiary/aromatic N) is 1. The predicted octanol–water partition coefficient (Wildman–Crippen LogP) is 4.30. The first-order chi connectivity index (χ1) is 15.0. The van der Waals surface area contributed by atoms with Crippen LogP contribution in [0.4, 0.5) is 0 Å². The molecule has 0 saturated heterocycles. The molecule has 0 aliphatic carbocycles. The molecule has 1 atom stereocenters. The number of carbonyl (C=O) groups is 2. The van der Waals surface area contributed by atoms with Crippen molar-refractivity contribution in [3.8, 4) is 17.2 Å². The number of methoxy groups -OCH3 is 1. The molecule has 0 fully saturated rings. The van der Waals surface area contributed by atoms with E-state index < -0.39 is 17.9 Å². The van der Waals surface area contributed by atoms with Gasteiger partial charge in [-0.1, -0.05) is 48.0 Å². The number of aromatic nitrogens is 1. The molecule has 1 aromatic heterocycles. The van der Waals surface area contributed by atoms with Gasteiger partial charge in [0, 0.05) is 11.1 Å². The monoisotopic (exact) mass is 442 g/mol. The third kappa shape index (κ3) is 6.33. The van der Waals surface area contributed by atoms with E-state index in [4.69, 9.17) is 25.5 Å². The van der Waals surface area contributed by atoms with Crippen LogP contribution in [0.15, 0.2) is 59.1 Å². The van der Waals surface area contributed by atoms with Gasteiger partial charge in [-0.15, -0.1) is 0 Å². The molecule has 1 N–H and O–H groups in total. The van der Waals surface area contributed by atoms with Crippen LogP contribution in [0.1, 0.15) is 29.5 Å². The van der Waals surface area contributed by atoms with Crippen LogP contribution in [-0.4, -0.2) is 36.6 Å². The molecular weight excluding hydrogens is 420 g/mol. The number of hydrogen-bond donors (Lipinski definition) is 1. The second kappa shape index (κ2) is 10.6. The molecule has 1 heterocycles. The van der Waals surface area contributed by atoms with Gasteiger partial charge in [0.05, 0.1) is 26.3 Å². The highest BCUT2D eigenvalue weighted by atomic mass is 35.5. The zero-order chi connectivity index (χ0) is 22.2. The van der Waals surface area contributed by atoms with Crippen LogP contribution < -0.4 is 10.1 Å². The predicted molar refractivity (Wildman–Crippen MR) is 116 cm³/mol. The minimum atomic E-state index is -0.486. The van der Waals surface area contributed by atoms with Gasteiger partial charge in [-0.3, -0.25) is 9.59 Å². The summed E-state index contributed by atoms with van der Waals surface area (Å²) >= 11 is 6.07. The Balaban J connectivity index is 1.72. The van der Waals surface area contributed by atoms with E-state index in [-0.39, 0.29) is 24.9 Å². The van der Waals surface area contributed by atoms with E-state index in [0.29, 0.717) is 11.4 Å². The summed E-state index contributed by atoms with van der Waals surface area (Å²) in [7, 11) is 1.39. The van der Waals surface area contributed by atoms with Crippen molar-refractivity contribution in [1.29, 1.82) is 0 Å². The number of halogens is 1. The highest BCUT2D eigenvalue weighted by Gasteiger charge is 2.21. The van der Waals surface area contributed by atoms with Crippen LogP contribution in [0, 0.1) is 0 Å². The lowest BCUT2D eigenvalue weighted by Crippen LogP contribution is -2.38. The third-order valence-corrected chi connectivity index (χ3v) is 4.77. The van der Waals surface area contributed by atoms with Gasteiger partial charge in [-0.25, -0.2) is 0 Å². The normalized spacial score (nSPS) is 11.6. The van der Waals surface area contributed by atoms with Crippen LogP contribution in [0.3, 0.4) is 0 Å². The standard InChI is InChI=1S/C23H23ClN2O5/c1-3-30-21(27)13-19(26-22(28)20-14-25-23(29-2)31-20)11-15-7-9-16(10-8-15)17-5-4-6-18(24)12-17/h4-10,12,14,19H,3,11,13H2,1-2H3,(H,26,28). The zero-order valence-corrected chi connectivity index (χ0v) is 18.0. The maximum atomic E-state index is 12.5. The Morgan fingerprint density at radius 2 is 1.94 bits per heavy atom. The van der Waals surface area contributed by atoms with Gasteiger partial charge >= 0.3 is 12.0 Å². The molecule has 0 radical (unpaired) electrons. The van der Waals surface area contributed by atoms with E-state index in [2.05, 4.69) is 10.3 Å². The quantitative estimate of drug-likeness (QED) is 0.497. The van der Waals surface area contributed by atoms with Crippen LogP contribution >= 0.6 is 11.6 Å². The molecule has 1 amide bonds. The van der Waals surface area contributed by atoms with E-state index in [0.717, 1.165) is 16.7 Å². The first-order valence-corrected chi connectivity index (χ1v) is 10.2. The summed E-state index contributed by atoms with van der Waals surface area (Å²) in [5, 5.41) is 3.49. The van der Waals surface area contributed by atoms with Crippen molar-refractivity contribution >= 4 is 23.5 Å². The van der Waals surface area contributed by atoms with E-state index in [1.165, 1.54) is 13.3 Å². The minimum Gasteiger partial charge on any atom is -0.466 e. The van der Waals surface area contributed by atoms with Gasteiger partial charge in [0.25, 0.3) is 5.91 Å². The SMILES string of the molecule is CCOC(=O)CC(Cc1ccc(-c2cccc(Cl)c2)cc1)NC(=O)c1cnc(OC)o1. The Labute approximate surface area is 185 Å². The first kappa shape index (κ1) is 22.4. The summed E-state index contributed by atoms with van der Waals surface area (Å²) in [5.41, 5.74) is 2.98. The number of ether oxygens (including phenoxy) is 2. The molecule has 3 aromatic rings. The topological polar surface area (TPSA) is 90.7 Å². The molecule has 31 heavy (non-hydrogen) atoms. The average molecular weight is 443 g/mol. The van der Waals surface area contributed by atoms with Crippen molar-refractivity contribution in [3.05, 3.63) is 71.1 Å². The second-order valence-corrected chi connectivity index (χ2v) is 7.22. The number of carbonyl (C=O) groups excluding carboxylic acids is 2. The summed E-state index contributed by atoms with van der Waals surface area (Å²) in [5.74, 6) is -0.874. The molecule has 162 valence electrons. The highest BCUT2D eigenvalue weighted by Crippen LogP contribution is 2.23. The van der Waals surface area contributed by atoms with Gasteiger partial charge in [0.2, 0.25) is 5.76 Å². The van der Waals surface area contributed by atoms with Crippen molar-refractivity contribution < 1.29 is 23.5 Å². The smallest absolute Gasteiger partial charge is 0.393 e. The molecule has 0 saturated carbocycles. The van der Waals surface area contributed by atoms with E-state index in [1.54, 1.807) is 6.92 Å².